The molecule has 3 N–H and O–H groups in total. The minimum atomic E-state index is -0.278. The number of nitrogens with zero attached hydrogens (tertiary/aromatic N) is 1. The van der Waals surface area contributed by atoms with Crippen LogP contribution in [-0.4, -0.2) is 56.0 Å². The Morgan fingerprint density at radius 3 is 2.73 bits per heavy atom. The molecule has 4 nitrogen and oxygen atoms in total. The van der Waals surface area contributed by atoms with Gasteiger partial charge in [-0.3, -0.25) is 0 Å². The molecule has 0 aromatic heterocycles. The van der Waals surface area contributed by atoms with Crippen LogP contribution in [0.5, 0.6) is 0 Å². The lowest BCUT2D eigenvalue weighted by Crippen LogP contribution is -2.35. The van der Waals surface area contributed by atoms with E-state index < -0.39 is 0 Å². The number of likely N-dealkylation sites (N-methyl/N-ethyl adjacent to an activating group) is 1. The topological polar surface area (TPSA) is 58.7 Å². The van der Waals surface area contributed by atoms with E-state index in [-0.39, 0.29) is 6.10 Å². The van der Waals surface area contributed by atoms with E-state index in [1.807, 2.05) is 0 Å². The van der Waals surface area contributed by atoms with Crippen molar-refractivity contribution in [1.29, 1.82) is 0 Å². The van der Waals surface area contributed by atoms with Crippen molar-refractivity contribution in [2.75, 3.05) is 39.9 Å². The van der Waals surface area contributed by atoms with Gasteiger partial charge in [-0.2, -0.15) is 0 Å². The van der Waals surface area contributed by atoms with Gasteiger partial charge >= 0.3 is 0 Å². The van der Waals surface area contributed by atoms with Crippen LogP contribution in [0.3, 0.4) is 0 Å². The molecule has 1 heterocycles. The summed E-state index contributed by atoms with van der Waals surface area (Å²) in [5, 5.41) is 9.60. The van der Waals surface area contributed by atoms with Crippen molar-refractivity contribution in [2.45, 2.75) is 25.4 Å². The minimum absolute atomic E-state index is 0.278. The summed E-state index contributed by atoms with van der Waals surface area (Å²) < 4.78 is 5.32. The van der Waals surface area contributed by atoms with Crippen molar-refractivity contribution in [3.8, 4) is 0 Å². The van der Waals surface area contributed by atoms with Gasteiger partial charge in [-0.15, -0.1) is 0 Å². The second-order valence-electron chi connectivity index (χ2n) is 4.51. The van der Waals surface area contributed by atoms with Crippen LogP contribution in [0.1, 0.15) is 19.3 Å². The summed E-state index contributed by atoms with van der Waals surface area (Å²) in [4.78, 5) is 2.20. The van der Waals surface area contributed by atoms with Gasteiger partial charge in [0, 0.05) is 26.3 Å². The molecule has 1 atom stereocenters. The number of nitrogens with two attached hydrogens (primary N) is 1. The first-order chi connectivity index (χ1) is 7.22. The fourth-order valence-electron chi connectivity index (χ4n) is 2.09. The fraction of sp³-hybridized carbons (Fsp3) is 1.00. The predicted molar refractivity (Wildman–Crippen MR) is 60.7 cm³/mol. The van der Waals surface area contributed by atoms with Gasteiger partial charge in [0.1, 0.15) is 0 Å². The molecule has 1 unspecified atom stereocenters. The van der Waals surface area contributed by atoms with Crippen molar-refractivity contribution >= 4 is 0 Å². The van der Waals surface area contributed by atoms with Crippen LogP contribution in [0.25, 0.3) is 0 Å². The maximum atomic E-state index is 9.60. The minimum Gasteiger partial charge on any atom is -0.392 e. The van der Waals surface area contributed by atoms with Gasteiger partial charge in [-0.25, -0.2) is 0 Å². The third-order valence-corrected chi connectivity index (χ3v) is 2.93. The van der Waals surface area contributed by atoms with Gasteiger partial charge < -0.3 is 20.5 Å². The van der Waals surface area contributed by atoms with E-state index in [1.54, 1.807) is 0 Å². The molecule has 4 heteroatoms. The van der Waals surface area contributed by atoms with Crippen molar-refractivity contribution < 1.29 is 9.84 Å². The zero-order chi connectivity index (χ0) is 11.1. The molecule has 15 heavy (non-hydrogen) atoms. The lowest BCUT2D eigenvalue weighted by Gasteiger charge is -2.28. The molecule has 1 aliphatic heterocycles. The third-order valence-electron chi connectivity index (χ3n) is 2.93. The predicted octanol–water partition coefficient (Wildman–Crippen LogP) is 0.0545. The molecular weight excluding hydrogens is 192 g/mol. The SMILES string of the molecule is CN(CC(O)CCN)CC1CCOCC1. The second-order valence-corrected chi connectivity index (χ2v) is 4.51. The van der Waals surface area contributed by atoms with Crippen LogP contribution < -0.4 is 5.73 Å². The van der Waals surface area contributed by atoms with E-state index in [1.165, 1.54) is 0 Å². The Kier molecular flexibility index (Phi) is 6.17. The lowest BCUT2D eigenvalue weighted by molar-refractivity contribution is 0.0473. The van der Waals surface area contributed by atoms with Gasteiger partial charge in [0.2, 0.25) is 0 Å². The number of hydrogen-bond acceptors (Lipinski definition) is 4. The summed E-state index contributed by atoms with van der Waals surface area (Å²) >= 11 is 0. The van der Waals surface area contributed by atoms with Crippen molar-refractivity contribution in [2.24, 2.45) is 11.7 Å². The number of aliphatic hydroxyl groups is 1. The summed E-state index contributed by atoms with van der Waals surface area (Å²) in [6.07, 6.45) is 2.71. The highest BCUT2D eigenvalue weighted by Crippen LogP contribution is 2.15. The molecule has 1 rings (SSSR count). The Labute approximate surface area is 92.4 Å². The third kappa shape index (κ3) is 5.47. The average Bonchev–Trinajstić information content (AvgIpc) is 2.19. The molecule has 0 aliphatic carbocycles. The summed E-state index contributed by atoms with van der Waals surface area (Å²) in [6.45, 7) is 4.14. The molecule has 0 amide bonds. The van der Waals surface area contributed by atoms with Crippen LogP contribution >= 0.6 is 0 Å². The van der Waals surface area contributed by atoms with E-state index in [4.69, 9.17) is 10.5 Å². The van der Waals surface area contributed by atoms with Crippen LogP contribution in [0.2, 0.25) is 0 Å². The number of hydrogen-bond donors (Lipinski definition) is 2. The summed E-state index contributed by atoms with van der Waals surface area (Å²) in [7, 11) is 2.06. The molecule has 1 saturated heterocycles. The van der Waals surface area contributed by atoms with Crippen LogP contribution in [0.15, 0.2) is 0 Å². The Balaban J connectivity index is 2.13. The monoisotopic (exact) mass is 216 g/mol. The van der Waals surface area contributed by atoms with Crippen molar-refractivity contribution in [1.82, 2.24) is 4.90 Å². The molecule has 90 valence electrons. The Bertz CT molecular complexity index is 161. The fourth-order valence-corrected chi connectivity index (χ4v) is 2.09. The summed E-state index contributed by atoms with van der Waals surface area (Å²) in [6, 6.07) is 0. The Morgan fingerprint density at radius 2 is 2.13 bits per heavy atom. The molecule has 0 bridgehead atoms. The van der Waals surface area contributed by atoms with Gasteiger partial charge in [0.25, 0.3) is 0 Å². The Morgan fingerprint density at radius 1 is 1.47 bits per heavy atom. The van der Waals surface area contributed by atoms with E-state index in [2.05, 4.69) is 11.9 Å². The first-order valence-corrected chi connectivity index (χ1v) is 5.86. The van der Waals surface area contributed by atoms with Gasteiger partial charge in [-0.05, 0) is 38.8 Å². The zero-order valence-electron chi connectivity index (χ0n) is 9.69. The van der Waals surface area contributed by atoms with Crippen molar-refractivity contribution in [3.63, 3.8) is 0 Å². The zero-order valence-corrected chi connectivity index (χ0v) is 9.69. The van der Waals surface area contributed by atoms with Crippen LogP contribution in [0, 0.1) is 5.92 Å². The molecule has 1 aliphatic rings. The molecule has 0 aromatic carbocycles. The largest absolute Gasteiger partial charge is 0.392 e. The highest BCUT2D eigenvalue weighted by molar-refractivity contribution is 4.69. The van der Waals surface area contributed by atoms with Gasteiger partial charge in [0.15, 0.2) is 0 Å². The van der Waals surface area contributed by atoms with Gasteiger partial charge in [-0.1, -0.05) is 0 Å². The molecule has 0 saturated carbocycles. The number of rotatable bonds is 6. The summed E-state index contributed by atoms with van der Waals surface area (Å²) in [5.74, 6) is 0.730. The highest BCUT2D eigenvalue weighted by atomic mass is 16.5. The molecule has 1 fully saturated rings. The maximum absolute atomic E-state index is 9.60. The highest BCUT2D eigenvalue weighted by Gasteiger charge is 2.16. The van der Waals surface area contributed by atoms with Crippen LogP contribution in [-0.2, 0) is 4.74 Å². The van der Waals surface area contributed by atoms with Crippen LogP contribution in [0.4, 0.5) is 0 Å². The molecule has 0 radical (unpaired) electrons. The van der Waals surface area contributed by atoms with E-state index in [9.17, 15) is 5.11 Å². The first-order valence-electron chi connectivity index (χ1n) is 5.86. The standard InChI is InChI=1S/C11H24N2O2/c1-13(9-11(14)2-5-12)8-10-3-6-15-7-4-10/h10-11,14H,2-9,12H2,1H3. The number of ether oxygens (including phenoxy) is 1. The maximum Gasteiger partial charge on any atom is 0.0679 e. The van der Waals surface area contributed by atoms with Gasteiger partial charge in [0.05, 0.1) is 6.10 Å². The average molecular weight is 216 g/mol. The summed E-state index contributed by atoms with van der Waals surface area (Å²) in [5.41, 5.74) is 5.39. The molecule has 0 aromatic rings. The normalized spacial score (nSPS) is 20.8. The van der Waals surface area contributed by atoms with Crippen molar-refractivity contribution in [3.05, 3.63) is 0 Å². The quantitative estimate of drug-likeness (QED) is 0.659. The Hall–Kier alpha value is -0.160. The molecule has 0 spiro atoms. The number of aliphatic hydroxyl groups excluding tert-OH is 1. The van der Waals surface area contributed by atoms with E-state index >= 15 is 0 Å². The lowest BCUT2D eigenvalue weighted by atomic mass is 10.00. The van der Waals surface area contributed by atoms with E-state index in [0.717, 1.165) is 45.1 Å². The molecular formula is C11H24N2O2. The smallest absolute Gasteiger partial charge is 0.0679 e. The van der Waals surface area contributed by atoms with E-state index in [0.29, 0.717) is 13.0 Å². The second kappa shape index (κ2) is 7.17. The first kappa shape index (κ1) is 12.9.